The lowest BCUT2D eigenvalue weighted by atomic mass is 10.1. The van der Waals surface area contributed by atoms with Crippen molar-refractivity contribution in [1.29, 1.82) is 0 Å². The highest BCUT2D eigenvalue weighted by atomic mass is 16.5. The first-order valence-corrected chi connectivity index (χ1v) is 14.8. The van der Waals surface area contributed by atoms with Crippen LogP contribution in [0.4, 0.5) is 0 Å². The summed E-state index contributed by atoms with van der Waals surface area (Å²) in [6, 6.07) is 19.6. The van der Waals surface area contributed by atoms with Gasteiger partial charge in [0.1, 0.15) is 5.69 Å². The number of hydrogen-bond acceptors (Lipinski definition) is 6. The lowest BCUT2D eigenvalue weighted by Crippen LogP contribution is -2.35. The second-order valence-electron chi connectivity index (χ2n) is 10.9. The van der Waals surface area contributed by atoms with E-state index in [-0.39, 0.29) is 29.7 Å². The number of nitrogens with zero attached hydrogens (tertiary/aromatic N) is 3. The zero-order valence-corrected chi connectivity index (χ0v) is 24.5. The van der Waals surface area contributed by atoms with Gasteiger partial charge in [0.05, 0.1) is 31.6 Å². The maximum atomic E-state index is 13.3. The molecule has 1 aliphatic carbocycles. The first-order chi connectivity index (χ1) is 20.4. The molecule has 0 unspecified atom stereocenters. The van der Waals surface area contributed by atoms with Gasteiger partial charge in [-0.1, -0.05) is 56.3 Å². The van der Waals surface area contributed by atoms with Gasteiger partial charge in [0, 0.05) is 23.2 Å². The molecule has 1 atom stereocenters. The van der Waals surface area contributed by atoms with Crippen molar-refractivity contribution in [1.82, 2.24) is 25.4 Å². The van der Waals surface area contributed by atoms with Crippen LogP contribution in [-0.2, 0) is 17.9 Å². The van der Waals surface area contributed by atoms with Gasteiger partial charge in [0.25, 0.3) is 11.8 Å². The molecule has 220 valence electrons. The number of benzene rings is 2. The number of nitrogens with one attached hydrogen (secondary N) is 2. The third-order valence-electron chi connectivity index (χ3n) is 7.72. The van der Waals surface area contributed by atoms with Gasteiger partial charge >= 0.3 is 0 Å². The topological polar surface area (TPSA) is 111 Å². The van der Waals surface area contributed by atoms with E-state index in [1.54, 1.807) is 4.68 Å². The van der Waals surface area contributed by atoms with E-state index in [0.717, 1.165) is 36.8 Å². The van der Waals surface area contributed by atoms with E-state index in [1.165, 1.54) is 6.20 Å². The summed E-state index contributed by atoms with van der Waals surface area (Å²) >= 11 is 0. The van der Waals surface area contributed by atoms with Crippen LogP contribution in [0.5, 0.6) is 0 Å². The van der Waals surface area contributed by atoms with Crippen LogP contribution in [0.3, 0.4) is 0 Å². The summed E-state index contributed by atoms with van der Waals surface area (Å²) in [5.41, 5.74) is 3.74. The predicted molar refractivity (Wildman–Crippen MR) is 161 cm³/mol. The van der Waals surface area contributed by atoms with Crippen LogP contribution < -0.4 is 10.6 Å². The van der Waals surface area contributed by atoms with Gasteiger partial charge in [-0.15, -0.1) is 0 Å². The van der Waals surface area contributed by atoms with Crippen molar-refractivity contribution in [2.45, 2.75) is 71.7 Å². The third-order valence-corrected chi connectivity index (χ3v) is 7.72. The van der Waals surface area contributed by atoms with Crippen molar-refractivity contribution in [3.05, 3.63) is 83.9 Å². The molecular weight excluding hydrogens is 530 g/mol. The minimum atomic E-state index is -0.259. The van der Waals surface area contributed by atoms with Gasteiger partial charge in [0.2, 0.25) is 11.7 Å². The molecule has 42 heavy (non-hydrogen) atoms. The molecular formula is C33H39N5O4. The lowest BCUT2D eigenvalue weighted by Gasteiger charge is -2.15. The average Bonchev–Trinajstić information content (AvgIpc) is 3.59. The maximum Gasteiger partial charge on any atom is 0.288 e. The van der Waals surface area contributed by atoms with Crippen LogP contribution >= 0.6 is 0 Å². The molecule has 0 bridgehead atoms. The van der Waals surface area contributed by atoms with Gasteiger partial charge in [-0.25, -0.2) is 4.98 Å². The second-order valence-corrected chi connectivity index (χ2v) is 10.9. The number of rotatable bonds is 14. The van der Waals surface area contributed by atoms with E-state index in [0.29, 0.717) is 48.5 Å². The summed E-state index contributed by atoms with van der Waals surface area (Å²) in [7, 11) is 0. The Morgan fingerprint density at radius 3 is 2.50 bits per heavy atom. The summed E-state index contributed by atoms with van der Waals surface area (Å²) in [4.78, 5) is 30.3. The Bertz CT molecular complexity index is 1490. The Balaban J connectivity index is 1.33. The molecule has 2 N–H and O–H groups in total. The summed E-state index contributed by atoms with van der Waals surface area (Å²) < 4.78 is 13.4. The molecule has 9 heteroatoms. The number of aromatic nitrogens is 3. The van der Waals surface area contributed by atoms with E-state index in [9.17, 15) is 9.59 Å². The van der Waals surface area contributed by atoms with Crippen LogP contribution in [0.1, 0.15) is 73.1 Å². The van der Waals surface area contributed by atoms with E-state index in [2.05, 4.69) is 29.5 Å². The SMILES string of the molecule is CCC(CC)NC(=O)c1cc(-c2cccc(-c3ncc(C(=O)N[C@@H](C)C4CC4)o3)c2)nn1CCOCc1ccccc1. The monoisotopic (exact) mass is 569 g/mol. The standard InChI is InChI=1S/C33H39N5O4/c1-4-27(5-2)36-31(39)29-19-28(37-38(29)16-17-41-21-23-10-7-6-8-11-23)25-12-9-13-26(18-25)33-34-20-30(42-33)32(40)35-22(3)24-14-15-24/h6-13,18-20,22,24,27H,4-5,14-17,21H2,1-3H3,(H,35,40)(H,36,39)/t22-/m0/s1. The summed E-state index contributed by atoms with van der Waals surface area (Å²) in [6.07, 6.45) is 5.45. The van der Waals surface area contributed by atoms with Gasteiger partial charge in [-0.3, -0.25) is 14.3 Å². The highest BCUT2D eigenvalue weighted by molar-refractivity contribution is 5.94. The molecule has 1 fully saturated rings. The van der Waals surface area contributed by atoms with E-state index >= 15 is 0 Å². The number of carbonyl (C=O) groups is 2. The number of ether oxygens (including phenoxy) is 1. The Morgan fingerprint density at radius 2 is 1.76 bits per heavy atom. The average molecular weight is 570 g/mol. The van der Waals surface area contributed by atoms with Crippen LogP contribution in [0, 0.1) is 5.92 Å². The number of hydrogen-bond donors (Lipinski definition) is 2. The summed E-state index contributed by atoms with van der Waals surface area (Å²) in [5, 5.41) is 10.9. The maximum absolute atomic E-state index is 13.3. The Morgan fingerprint density at radius 1 is 1.00 bits per heavy atom. The number of carbonyl (C=O) groups excluding carboxylic acids is 2. The summed E-state index contributed by atoms with van der Waals surface area (Å²) in [6.45, 7) is 7.46. The van der Waals surface area contributed by atoms with Gasteiger partial charge in [-0.2, -0.15) is 5.10 Å². The quantitative estimate of drug-likeness (QED) is 0.184. The molecule has 1 saturated carbocycles. The molecule has 2 heterocycles. The first kappa shape index (κ1) is 29.3. The van der Waals surface area contributed by atoms with Crippen molar-refractivity contribution >= 4 is 11.8 Å². The second kappa shape index (κ2) is 13.6. The zero-order valence-electron chi connectivity index (χ0n) is 24.5. The normalized spacial score (nSPS) is 13.7. The predicted octanol–water partition coefficient (Wildman–Crippen LogP) is 5.87. The summed E-state index contributed by atoms with van der Waals surface area (Å²) in [5.74, 6) is 0.658. The van der Waals surface area contributed by atoms with Crippen molar-refractivity contribution < 1.29 is 18.7 Å². The van der Waals surface area contributed by atoms with E-state index in [4.69, 9.17) is 14.3 Å². The fourth-order valence-corrected chi connectivity index (χ4v) is 4.89. The van der Waals surface area contributed by atoms with Gasteiger partial charge in [-0.05, 0) is 62.3 Å². The van der Waals surface area contributed by atoms with Crippen molar-refractivity contribution in [2.75, 3.05) is 6.61 Å². The largest absolute Gasteiger partial charge is 0.431 e. The van der Waals surface area contributed by atoms with Crippen molar-refractivity contribution in [2.24, 2.45) is 5.92 Å². The fourth-order valence-electron chi connectivity index (χ4n) is 4.89. The lowest BCUT2D eigenvalue weighted by molar-refractivity contribution is 0.0900. The molecule has 2 amide bonds. The fraction of sp³-hybridized carbons (Fsp3) is 0.394. The van der Waals surface area contributed by atoms with Gasteiger partial charge < -0.3 is 19.8 Å². The molecule has 0 spiro atoms. The van der Waals surface area contributed by atoms with E-state index in [1.807, 2.05) is 67.6 Å². The molecule has 2 aromatic heterocycles. The van der Waals surface area contributed by atoms with Gasteiger partial charge in [0.15, 0.2) is 0 Å². The highest BCUT2D eigenvalue weighted by Crippen LogP contribution is 2.32. The van der Waals surface area contributed by atoms with E-state index < -0.39 is 0 Å². The minimum Gasteiger partial charge on any atom is -0.431 e. The molecule has 2 aromatic carbocycles. The molecule has 0 aliphatic heterocycles. The van der Waals surface area contributed by atoms with Crippen LogP contribution in [0.15, 0.2) is 71.3 Å². The number of amides is 2. The minimum absolute atomic E-state index is 0.0886. The van der Waals surface area contributed by atoms with Crippen LogP contribution in [0.2, 0.25) is 0 Å². The smallest absolute Gasteiger partial charge is 0.288 e. The Hall–Kier alpha value is -4.24. The molecule has 5 rings (SSSR count). The Labute approximate surface area is 246 Å². The first-order valence-electron chi connectivity index (χ1n) is 14.8. The van der Waals surface area contributed by atoms with Crippen molar-refractivity contribution in [3.63, 3.8) is 0 Å². The molecule has 0 saturated heterocycles. The molecule has 9 nitrogen and oxygen atoms in total. The zero-order chi connectivity index (χ0) is 29.5. The number of oxazole rings is 1. The highest BCUT2D eigenvalue weighted by Gasteiger charge is 2.30. The van der Waals surface area contributed by atoms with Crippen LogP contribution in [0.25, 0.3) is 22.7 Å². The molecule has 4 aromatic rings. The van der Waals surface area contributed by atoms with Crippen molar-refractivity contribution in [3.8, 4) is 22.7 Å². The Kier molecular flexibility index (Phi) is 9.48. The molecule has 0 radical (unpaired) electrons. The third kappa shape index (κ3) is 7.33. The molecule has 1 aliphatic rings. The van der Waals surface area contributed by atoms with Crippen LogP contribution in [-0.4, -0.2) is 45.3 Å².